The first-order valence-corrected chi connectivity index (χ1v) is 5.65. The number of carbonyl (C=O) groups is 1. The Balaban J connectivity index is 2.54. The van der Waals surface area contributed by atoms with Gasteiger partial charge in [-0.3, -0.25) is 4.79 Å². The van der Waals surface area contributed by atoms with Crippen LogP contribution >= 0.6 is 35.0 Å². The zero-order chi connectivity index (χ0) is 10.6. The van der Waals surface area contributed by atoms with Crippen molar-refractivity contribution in [3.8, 4) is 0 Å². The summed E-state index contributed by atoms with van der Waals surface area (Å²) in [5, 5.41) is 8.29. The molecule has 1 atom stereocenters. The molecule has 0 amide bonds. The van der Waals surface area contributed by atoms with Crippen molar-refractivity contribution in [1.29, 1.82) is 0 Å². The van der Waals surface area contributed by atoms with Gasteiger partial charge in [0.2, 0.25) is 0 Å². The number of aliphatic carboxylic acids is 1. The van der Waals surface area contributed by atoms with Gasteiger partial charge in [0.15, 0.2) is 0 Å². The fourth-order valence-corrected chi connectivity index (χ4v) is 2.13. The van der Waals surface area contributed by atoms with Crippen LogP contribution in [0.5, 0.6) is 0 Å². The average Bonchev–Trinajstić information content (AvgIpc) is 2.16. The van der Waals surface area contributed by atoms with Gasteiger partial charge in [0.1, 0.15) is 5.38 Å². The molecule has 0 aromatic heterocycles. The second-order valence-electron chi connectivity index (χ2n) is 2.55. The van der Waals surface area contributed by atoms with Gasteiger partial charge in [-0.2, -0.15) is 0 Å². The number of benzene rings is 1. The fourth-order valence-electron chi connectivity index (χ4n) is 0.796. The van der Waals surface area contributed by atoms with E-state index >= 15 is 0 Å². The maximum atomic E-state index is 10.4. The van der Waals surface area contributed by atoms with E-state index in [9.17, 15) is 4.79 Å². The van der Waals surface area contributed by atoms with Gasteiger partial charge in [-0.25, -0.2) is 0 Å². The molecule has 0 heterocycles. The molecule has 1 aromatic carbocycles. The van der Waals surface area contributed by atoms with Crippen molar-refractivity contribution in [2.45, 2.75) is 10.3 Å². The van der Waals surface area contributed by atoms with Crippen molar-refractivity contribution in [3.05, 3.63) is 29.3 Å². The van der Waals surface area contributed by atoms with Gasteiger partial charge in [0, 0.05) is 10.6 Å². The Morgan fingerprint density at radius 3 is 2.71 bits per heavy atom. The molecule has 1 aromatic rings. The van der Waals surface area contributed by atoms with Crippen LogP contribution < -0.4 is 0 Å². The van der Waals surface area contributed by atoms with E-state index in [4.69, 9.17) is 28.3 Å². The number of rotatable bonds is 4. The van der Waals surface area contributed by atoms with E-state index in [0.29, 0.717) is 10.8 Å². The Morgan fingerprint density at radius 1 is 1.50 bits per heavy atom. The molecule has 5 heteroatoms. The molecule has 1 rings (SSSR count). The lowest BCUT2D eigenvalue weighted by Gasteiger charge is -2.05. The highest BCUT2D eigenvalue weighted by atomic mass is 35.5. The Kier molecular flexibility index (Phi) is 4.58. The Morgan fingerprint density at radius 2 is 2.14 bits per heavy atom. The van der Waals surface area contributed by atoms with E-state index in [1.807, 2.05) is 18.2 Å². The van der Waals surface area contributed by atoms with E-state index in [-0.39, 0.29) is 0 Å². The summed E-state index contributed by atoms with van der Waals surface area (Å²) in [7, 11) is 0. The SMILES string of the molecule is O=C(O)C(Cl)CSc1ccccc1Cl. The van der Waals surface area contributed by atoms with Crippen LogP contribution in [-0.4, -0.2) is 22.2 Å². The largest absolute Gasteiger partial charge is 0.480 e. The van der Waals surface area contributed by atoms with Crippen molar-refractivity contribution in [3.63, 3.8) is 0 Å². The summed E-state index contributed by atoms with van der Waals surface area (Å²) in [5.74, 6) is -0.702. The van der Waals surface area contributed by atoms with Gasteiger partial charge >= 0.3 is 5.97 Å². The number of thioether (sulfide) groups is 1. The molecule has 0 radical (unpaired) electrons. The molecule has 1 unspecified atom stereocenters. The summed E-state index contributed by atoms with van der Waals surface area (Å²) in [6, 6.07) is 7.26. The second kappa shape index (κ2) is 5.49. The Hall–Kier alpha value is -0.380. The first-order chi connectivity index (χ1) is 6.61. The maximum Gasteiger partial charge on any atom is 0.322 e. The number of hydrogen-bond acceptors (Lipinski definition) is 2. The van der Waals surface area contributed by atoms with Gasteiger partial charge in [-0.05, 0) is 12.1 Å². The molecular formula is C9H8Cl2O2S. The monoisotopic (exact) mass is 250 g/mol. The number of halogens is 2. The van der Waals surface area contributed by atoms with E-state index in [2.05, 4.69) is 0 Å². The van der Waals surface area contributed by atoms with E-state index in [1.165, 1.54) is 11.8 Å². The average molecular weight is 251 g/mol. The zero-order valence-electron chi connectivity index (χ0n) is 7.11. The highest BCUT2D eigenvalue weighted by Crippen LogP contribution is 2.27. The fraction of sp³-hybridized carbons (Fsp3) is 0.222. The molecule has 0 saturated heterocycles. The van der Waals surface area contributed by atoms with Crippen molar-refractivity contribution in [2.24, 2.45) is 0 Å². The first-order valence-electron chi connectivity index (χ1n) is 3.85. The van der Waals surface area contributed by atoms with Crippen LogP contribution in [0, 0.1) is 0 Å². The van der Waals surface area contributed by atoms with Crippen LogP contribution in [0.25, 0.3) is 0 Å². The third-order valence-corrected chi connectivity index (χ3v) is 3.62. The van der Waals surface area contributed by atoms with Gasteiger partial charge in [-0.1, -0.05) is 23.7 Å². The summed E-state index contributed by atoms with van der Waals surface area (Å²) in [6.07, 6.45) is 0. The quantitative estimate of drug-likeness (QED) is 0.659. The van der Waals surface area contributed by atoms with E-state index in [1.54, 1.807) is 6.07 Å². The highest BCUT2D eigenvalue weighted by Gasteiger charge is 2.14. The predicted octanol–water partition coefficient (Wildman–Crippen LogP) is 3.12. The molecule has 0 aliphatic heterocycles. The summed E-state index contributed by atoms with van der Waals surface area (Å²) in [6.45, 7) is 0. The van der Waals surface area contributed by atoms with Gasteiger partial charge < -0.3 is 5.11 Å². The Labute approximate surface area is 96.2 Å². The van der Waals surface area contributed by atoms with Crippen LogP contribution in [0.3, 0.4) is 0 Å². The number of alkyl halides is 1. The predicted molar refractivity (Wildman–Crippen MR) is 59.5 cm³/mol. The lowest BCUT2D eigenvalue weighted by Crippen LogP contribution is -2.15. The van der Waals surface area contributed by atoms with Crippen molar-refractivity contribution in [1.82, 2.24) is 0 Å². The third-order valence-electron chi connectivity index (χ3n) is 1.49. The molecule has 0 bridgehead atoms. The van der Waals surface area contributed by atoms with Crippen molar-refractivity contribution >= 4 is 40.9 Å². The van der Waals surface area contributed by atoms with Crippen molar-refractivity contribution < 1.29 is 9.90 Å². The summed E-state index contributed by atoms with van der Waals surface area (Å²) >= 11 is 12.8. The highest BCUT2D eigenvalue weighted by molar-refractivity contribution is 7.99. The van der Waals surface area contributed by atoms with Crippen LogP contribution in [0.15, 0.2) is 29.2 Å². The van der Waals surface area contributed by atoms with E-state index in [0.717, 1.165) is 4.90 Å². The smallest absolute Gasteiger partial charge is 0.322 e. The van der Waals surface area contributed by atoms with Gasteiger partial charge in [0.25, 0.3) is 0 Å². The molecule has 14 heavy (non-hydrogen) atoms. The summed E-state index contributed by atoms with van der Waals surface area (Å²) in [5.41, 5.74) is 0. The van der Waals surface area contributed by atoms with Crippen molar-refractivity contribution in [2.75, 3.05) is 5.75 Å². The van der Waals surface area contributed by atoms with Crippen LogP contribution in [0.2, 0.25) is 5.02 Å². The standard InChI is InChI=1S/C9H8Cl2O2S/c10-6-3-1-2-4-8(6)14-5-7(11)9(12)13/h1-4,7H,5H2,(H,12,13). The lowest BCUT2D eigenvalue weighted by atomic mass is 10.4. The topological polar surface area (TPSA) is 37.3 Å². The van der Waals surface area contributed by atoms with Gasteiger partial charge in [0.05, 0.1) is 5.02 Å². The van der Waals surface area contributed by atoms with Crippen LogP contribution in [0.4, 0.5) is 0 Å². The lowest BCUT2D eigenvalue weighted by molar-refractivity contribution is -0.136. The maximum absolute atomic E-state index is 10.4. The summed E-state index contributed by atoms with van der Waals surface area (Å²) in [4.78, 5) is 11.3. The number of carboxylic acids is 1. The van der Waals surface area contributed by atoms with Crippen LogP contribution in [0.1, 0.15) is 0 Å². The molecule has 1 N–H and O–H groups in total. The van der Waals surface area contributed by atoms with Gasteiger partial charge in [-0.15, -0.1) is 23.4 Å². The Bertz CT molecular complexity index is 330. The second-order valence-corrected chi connectivity index (χ2v) is 4.54. The van der Waals surface area contributed by atoms with Crippen LogP contribution in [-0.2, 0) is 4.79 Å². The molecular weight excluding hydrogens is 243 g/mol. The third kappa shape index (κ3) is 3.40. The molecule has 0 aliphatic rings. The molecule has 0 aliphatic carbocycles. The summed E-state index contributed by atoms with van der Waals surface area (Å²) < 4.78 is 0. The molecule has 2 nitrogen and oxygen atoms in total. The molecule has 76 valence electrons. The molecule has 0 saturated carbocycles. The number of carboxylic acid groups (broad SMARTS) is 1. The minimum atomic E-state index is -1.01. The first kappa shape index (κ1) is 11.7. The minimum Gasteiger partial charge on any atom is -0.480 e. The molecule has 0 spiro atoms. The normalized spacial score (nSPS) is 12.4. The van der Waals surface area contributed by atoms with E-state index < -0.39 is 11.3 Å². The molecule has 0 fully saturated rings. The minimum absolute atomic E-state index is 0.306. The number of hydrogen-bond donors (Lipinski definition) is 1. The zero-order valence-corrected chi connectivity index (χ0v) is 9.44.